The molecule has 0 fully saturated rings. The van der Waals surface area contributed by atoms with Crippen LogP contribution in [0.2, 0.25) is 5.02 Å². The lowest BCUT2D eigenvalue weighted by atomic mass is 10.1. The molecule has 1 unspecified atom stereocenters. The highest BCUT2D eigenvalue weighted by atomic mass is 35.5. The summed E-state index contributed by atoms with van der Waals surface area (Å²) in [7, 11) is 2.00. The van der Waals surface area contributed by atoms with Gasteiger partial charge in [-0.1, -0.05) is 23.7 Å². The average Bonchev–Trinajstić information content (AvgIpc) is 2.90. The fourth-order valence-corrected chi connectivity index (χ4v) is 2.91. The molecule has 0 radical (unpaired) electrons. The van der Waals surface area contributed by atoms with Crippen molar-refractivity contribution in [2.75, 3.05) is 7.05 Å². The Morgan fingerprint density at radius 2 is 2.30 bits per heavy atom. The minimum Gasteiger partial charge on any atom is -0.489 e. The van der Waals surface area contributed by atoms with Crippen LogP contribution in [0.15, 0.2) is 36.7 Å². The van der Waals surface area contributed by atoms with Gasteiger partial charge in [-0.05, 0) is 43.1 Å². The lowest BCUT2D eigenvalue weighted by molar-refractivity contribution is 0.303. The van der Waals surface area contributed by atoms with Crippen LogP contribution in [0.3, 0.4) is 0 Å². The molecule has 0 spiro atoms. The second-order valence-corrected chi connectivity index (χ2v) is 5.37. The maximum atomic E-state index is 6.10. The van der Waals surface area contributed by atoms with Crippen molar-refractivity contribution < 1.29 is 4.74 Å². The van der Waals surface area contributed by atoms with Crippen LogP contribution >= 0.6 is 11.6 Å². The largest absolute Gasteiger partial charge is 0.489 e. The molecule has 20 heavy (non-hydrogen) atoms. The molecule has 0 bridgehead atoms. The van der Waals surface area contributed by atoms with Crippen molar-refractivity contribution in [2.24, 2.45) is 0 Å². The van der Waals surface area contributed by atoms with E-state index >= 15 is 0 Å². The maximum absolute atomic E-state index is 6.10. The van der Waals surface area contributed by atoms with Gasteiger partial charge in [-0.3, -0.25) is 4.98 Å². The molecule has 1 atom stereocenters. The first kappa shape index (κ1) is 13.4. The van der Waals surface area contributed by atoms with Gasteiger partial charge in [0.1, 0.15) is 12.4 Å². The SMILES string of the molecule is CNC1CCc2c(OCc3ccncc3Cl)cccc21. The Balaban J connectivity index is 1.79. The van der Waals surface area contributed by atoms with E-state index in [4.69, 9.17) is 16.3 Å². The van der Waals surface area contributed by atoms with E-state index in [9.17, 15) is 0 Å². The maximum Gasteiger partial charge on any atom is 0.123 e. The third-order valence-corrected chi connectivity index (χ3v) is 4.16. The molecule has 4 heteroatoms. The highest BCUT2D eigenvalue weighted by Crippen LogP contribution is 2.37. The number of hydrogen-bond acceptors (Lipinski definition) is 3. The Hall–Kier alpha value is -1.58. The molecule has 2 aromatic rings. The van der Waals surface area contributed by atoms with Crippen LogP contribution in [0.25, 0.3) is 0 Å². The molecular formula is C16H17ClN2O. The van der Waals surface area contributed by atoms with Gasteiger partial charge >= 0.3 is 0 Å². The van der Waals surface area contributed by atoms with Crippen LogP contribution in [-0.2, 0) is 13.0 Å². The highest BCUT2D eigenvalue weighted by molar-refractivity contribution is 6.31. The van der Waals surface area contributed by atoms with Gasteiger partial charge < -0.3 is 10.1 Å². The first-order valence-corrected chi connectivity index (χ1v) is 7.17. The number of halogens is 1. The van der Waals surface area contributed by atoms with Crippen LogP contribution in [0.4, 0.5) is 0 Å². The van der Waals surface area contributed by atoms with Crippen molar-refractivity contribution in [3.8, 4) is 5.75 Å². The number of fused-ring (bicyclic) bond motifs is 1. The van der Waals surface area contributed by atoms with Crippen molar-refractivity contribution in [3.05, 3.63) is 58.4 Å². The fraction of sp³-hybridized carbons (Fsp3) is 0.312. The molecule has 0 aliphatic heterocycles. The van der Waals surface area contributed by atoms with Gasteiger partial charge in [0.15, 0.2) is 0 Å². The summed E-state index contributed by atoms with van der Waals surface area (Å²) in [5.74, 6) is 0.966. The Bertz CT molecular complexity index is 615. The number of nitrogens with zero attached hydrogens (tertiary/aromatic N) is 1. The van der Waals surface area contributed by atoms with Crippen molar-refractivity contribution >= 4 is 11.6 Å². The molecule has 0 saturated heterocycles. The molecule has 1 aliphatic carbocycles. The first-order chi connectivity index (χ1) is 9.79. The van der Waals surface area contributed by atoms with Gasteiger partial charge in [-0.25, -0.2) is 0 Å². The van der Waals surface area contributed by atoms with Gasteiger partial charge in [0.05, 0.1) is 5.02 Å². The molecule has 1 N–H and O–H groups in total. The predicted octanol–water partition coefficient (Wildman–Crippen LogP) is 3.52. The van der Waals surface area contributed by atoms with Gasteiger partial charge in [-0.15, -0.1) is 0 Å². The Morgan fingerprint density at radius 3 is 3.10 bits per heavy atom. The highest BCUT2D eigenvalue weighted by Gasteiger charge is 2.23. The minimum atomic E-state index is 0.443. The zero-order valence-corrected chi connectivity index (χ0v) is 12.2. The summed E-state index contributed by atoms with van der Waals surface area (Å²) in [4.78, 5) is 3.98. The van der Waals surface area contributed by atoms with E-state index < -0.39 is 0 Å². The number of nitrogens with one attached hydrogen (secondary N) is 1. The number of ether oxygens (including phenoxy) is 1. The Labute approximate surface area is 123 Å². The van der Waals surface area contributed by atoms with Crippen LogP contribution in [0, 0.1) is 0 Å². The standard InChI is InChI=1S/C16H17ClN2O/c1-18-15-6-5-13-12(15)3-2-4-16(13)20-10-11-7-8-19-9-14(11)17/h2-4,7-9,15,18H,5-6,10H2,1H3. The molecule has 3 rings (SSSR count). The third kappa shape index (κ3) is 2.51. The van der Waals surface area contributed by atoms with E-state index in [0.29, 0.717) is 17.7 Å². The van der Waals surface area contributed by atoms with Crippen LogP contribution in [0.5, 0.6) is 5.75 Å². The summed E-state index contributed by atoms with van der Waals surface area (Å²) < 4.78 is 5.97. The van der Waals surface area contributed by atoms with E-state index in [-0.39, 0.29) is 0 Å². The smallest absolute Gasteiger partial charge is 0.123 e. The summed E-state index contributed by atoms with van der Waals surface area (Å²) in [5, 5.41) is 3.99. The summed E-state index contributed by atoms with van der Waals surface area (Å²) in [5.41, 5.74) is 3.63. The number of hydrogen-bond donors (Lipinski definition) is 1. The van der Waals surface area contributed by atoms with Crippen molar-refractivity contribution in [2.45, 2.75) is 25.5 Å². The van der Waals surface area contributed by atoms with E-state index in [0.717, 1.165) is 24.2 Å². The molecule has 104 valence electrons. The molecule has 1 aromatic heterocycles. The van der Waals surface area contributed by atoms with E-state index in [2.05, 4.69) is 22.4 Å². The van der Waals surface area contributed by atoms with Crippen LogP contribution in [0.1, 0.15) is 29.2 Å². The lowest BCUT2D eigenvalue weighted by Crippen LogP contribution is -2.12. The molecule has 0 amide bonds. The van der Waals surface area contributed by atoms with E-state index in [1.807, 2.05) is 19.2 Å². The van der Waals surface area contributed by atoms with Crippen molar-refractivity contribution in [1.29, 1.82) is 0 Å². The van der Waals surface area contributed by atoms with Crippen LogP contribution < -0.4 is 10.1 Å². The topological polar surface area (TPSA) is 34.1 Å². The molecule has 1 aliphatic rings. The molecule has 1 aromatic carbocycles. The van der Waals surface area contributed by atoms with Crippen molar-refractivity contribution in [3.63, 3.8) is 0 Å². The third-order valence-electron chi connectivity index (χ3n) is 3.82. The first-order valence-electron chi connectivity index (χ1n) is 6.80. The van der Waals surface area contributed by atoms with E-state index in [1.165, 1.54) is 11.1 Å². The Morgan fingerprint density at radius 1 is 1.40 bits per heavy atom. The lowest BCUT2D eigenvalue weighted by Gasteiger charge is -2.13. The molecule has 3 nitrogen and oxygen atoms in total. The second kappa shape index (κ2) is 5.81. The molecular weight excluding hydrogens is 272 g/mol. The summed E-state index contributed by atoms with van der Waals surface area (Å²) in [6, 6.07) is 8.60. The van der Waals surface area contributed by atoms with Gasteiger partial charge in [0, 0.05) is 24.0 Å². The monoisotopic (exact) mass is 288 g/mol. The normalized spacial score (nSPS) is 17.0. The predicted molar refractivity (Wildman–Crippen MR) is 80.1 cm³/mol. The molecule has 0 saturated carbocycles. The quantitative estimate of drug-likeness (QED) is 0.935. The van der Waals surface area contributed by atoms with E-state index in [1.54, 1.807) is 12.4 Å². The minimum absolute atomic E-state index is 0.443. The van der Waals surface area contributed by atoms with Gasteiger partial charge in [0.25, 0.3) is 0 Å². The number of aromatic nitrogens is 1. The number of rotatable bonds is 4. The Kier molecular flexibility index (Phi) is 3.90. The number of pyridine rings is 1. The fourth-order valence-electron chi connectivity index (χ4n) is 2.73. The zero-order valence-electron chi connectivity index (χ0n) is 11.4. The summed E-state index contributed by atoms with van der Waals surface area (Å²) in [6.07, 6.45) is 5.56. The van der Waals surface area contributed by atoms with Crippen molar-refractivity contribution in [1.82, 2.24) is 10.3 Å². The molecule has 1 heterocycles. The number of benzene rings is 1. The average molecular weight is 289 g/mol. The van der Waals surface area contributed by atoms with Crippen LogP contribution in [-0.4, -0.2) is 12.0 Å². The summed E-state index contributed by atoms with van der Waals surface area (Å²) in [6.45, 7) is 0.474. The van der Waals surface area contributed by atoms with Gasteiger partial charge in [0.2, 0.25) is 0 Å². The van der Waals surface area contributed by atoms with Gasteiger partial charge in [-0.2, -0.15) is 0 Å². The second-order valence-electron chi connectivity index (χ2n) is 4.96. The summed E-state index contributed by atoms with van der Waals surface area (Å²) >= 11 is 6.10. The zero-order chi connectivity index (χ0) is 13.9.